The number of nitrogens with zero attached hydrogens (tertiary/aromatic N) is 1. The van der Waals surface area contributed by atoms with Crippen LogP contribution in [0, 0.1) is 0 Å². The van der Waals surface area contributed by atoms with E-state index in [1.54, 1.807) is 0 Å². The standard InChI is InChI=1S/C16H26N2O2/c1-12(2)20-15-11-13(7-4-3-5-10-19)18-16-14(15)8-6-9-17-16/h11-12,19H,3-10H2,1-2H3,(H,17,18). The number of aliphatic hydroxyl groups is 1. The van der Waals surface area contributed by atoms with Gasteiger partial charge in [0.2, 0.25) is 0 Å². The molecule has 20 heavy (non-hydrogen) atoms. The number of rotatable bonds is 7. The van der Waals surface area contributed by atoms with E-state index in [4.69, 9.17) is 14.8 Å². The van der Waals surface area contributed by atoms with Gasteiger partial charge in [-0.25, -0.2) is 4.98 Å². The molecule has 1 aromatic heterocycles. The molecule has 112 valence electrons. The predicted molar refractivity (Wildman–Crippen MR) is 81.5 cm³/mol. The van der Waals surface area contributed by atoms with E-state index in [1.807, 2.05) is 0 Å². The van der Waals surface area contributed by atoms with Gasteiger partial charge in [-0.3, -0.25) is 0 Å². The Balaban J connectivity index is 2.12. The lowest BCUT2D eigenvalue weighted by Gasteiger charge is -2.22. The maximum atomic E-state index is 8.82. The number of hydrogen-bond acceptors (Lipinski definition) is 4. The summed E-state index contributed by atoms with van der Waals surface area (Å²) in [7, 11) is 0. The molecule has 1 aliphatic heterocycles. The fourth-order valence-corrected chi connectivity index (χ4v) is 2.54. The van der Waals surface area contributed by atoms with Crippen molar-refractivity contribution in [2.24, 2.45) is 0 Å². The second-order valence-electron chi connectivity index (χ2n) is 5.67. The highest BCUT2D eigenvalue weighted by Crippen LogP contribution is 2.31. The van der Waals surface area contributed by atoms with Crippen LogP contribution >= 0.6 is 0 Å². The molecule has 0 fully saturated rings. The zero-order valence-corrected chi connectivity index (χ0v) is 12.6. The number of aromatic nitrogens is 1. The Hall–Kier alpha value is -1.29. The van der Waals surface area contributed by atoms with Crippen LogP contribution in [0.2, 0.25) is 0 Å². The molecule has 0 bridgehead atoms. The van der Waals surface area contributed by atoms with Crippen molar-refractivity contribution in [3.63, 3.8) is 0 Å². The molecule has 0 unspecified atom stereocenters. The van der Waals surface area contributed by atoms with Crippen molar-refractivity contribution in [1.82, 2.24) is 4.98 Å². The third-order valence-electron chi connectivity index (χ3n) is 3.49. The Kier molecular flexibility index (Phi) is 5.65. The molecule has 0 radical (unpaired) electrons. The fraction of sp³-hybridized carbons (Fsp3) is 0.688. The van der Waals surface area contributed by atoms with E-state index in [-0.39, 0.29) is 12.7 Å². The van der Waals surface area contributed by atoms with E-state index < -0.39 is 0 Å². The first kappa shape index (κ1) is 15.1. The van der Waals surface area contributed by atoms with Crippen molar-refractivity contribution in [3.05, 3.63) is 17.3 Å². The largest absolute Gasteiger partial charge is 0.491 e. The van der Waals surface area contributed by atoms with Crippen LogP contribution in [-0.4, -0.2) is 29.3 Å². The number of fused-ring (bicyclic) bond motifs is 1. The quantitative estimate of drug-likeness (QED) is 0.753. The smallest absolute Gasteiger partial charge is 0.133 e. The van der Waals surface area contributed by atoms with Gasteiger partial charge in [0.15, 0.2) is 0 Å². The van der Waals surface area contributed by atoms with Gasteiger partial charge >= 0.3 is 0 Å². The van der Waals surface area contributed by atoms with E-state index >= 15 is 0 Å². The highest BCUT2D eigenvalue weighted by molar-refractivity contribution is 5.55. The zero-order valence-electron chi connectivity index (χ0n) is 12.6. The highest BCUT2D eigenvalue weighted by Gasteiger charge is 2.17. The van der Waals surface area contributed by atoms with E-state index in [2.05, 4.69) is 25.2 Å². The van der Waals surface area contributed by atoms with Crippen molar-refractivity contribution in [2.75, 3.05) is 18.5 Å². The number of aliphatic hydroxyl groups excluding tert-OH is 1. The number of hydrogen-bond donors (Lipinski definition) is 2. The lowest BCUT2D eigenvalue weighted by molar-refractivity contribution is 0.239. The molecule has 4 heteroatoms. The number of nitrogens with one attached hydrogen (secondary N) is 1. The molecule has 0 atom stereocenters. The van der Waals surface area contributed by atoms with Gasteiger partial charge in [-0.05, 0) is 46.0 Å². The van der Waals surface area contributed by atoms with E-state index in [0.29, 0.717) is 0 Å². The van der Waals surface area contributed by atoms with Crippen LogP contribution in [0.15, 0.2) is 6.07 Å². The maximum Gasteiger partial charge on any atom is 0.133 e. The third-order valence-corrected chi connectivity index (χ3v) is 3.49. The van der Waals surface area contributed by atoms with E-state index in [1.165, 1.54) is 5.56 Å². The fourth-order valence-electron chi connectivity index (χ4n) is 2.54. The first-order chi connectivity index (χ1) is 9.70. The first-order valence-electron chi connectivity index (χ1n) is 7.75. The van der Waals surface area contributed by atoms with Crippen LogP contribution in [0.1, 0.15) is 50.8 Å². The summed E-state index contributed by atoms with van der Waals surface area (Å²) < 4.78 is 5.96. The Morgan fingerprint density at radius 3 is 2.95 bits per heavy atom. The van der Waals surface area contributed by atoms with Crippen LogP contribution < -0.4 is 10.1 Å². The topological polar surface area (TPSA) is 54.4 Å². The van der Waals surface area contributed by atoms with Crippen LogP contribution in [0.5, 0.6) is 5.75 Å². The molecule has 2 rings (SSSR count). The molecule has 0 saturated carbocycles. The van der Waals surface area contributed by atoms with Crippen molar-refractivity contribution < 1.29 is 9.84 Å². The van der Waals surface area contributed by atoms with Gasteiger partial charge in [0, 0.05) is 30.5 Å². The summed E-state index contributed by atoms with van der Waals surface area (Å²) in [4.78, 5) is 4.73. The van der Waals surface area contributed by atoms with Crippen LogP contribution in [0.25, 0.3) is 0 Å². The first-order valence-corrected chi connectivity index (χ1v) is 7.75. The molecule has 0 amide bonds. The lowest BCUT2D eigenvalue weighted by Crippen LogP contribution is -2.17. The zero-order chi connectivity index (χ0) is 14.4. The van der Waals surface area contributed by atoms with Gasteiger partial charge < -0.3 is 15.2 Å². The Bertz CT molecular complexity index is 433. The summed E-state index contributed by atoms with van der Waals surface area (Å²) in [5, 5.41) is 12.2. The summed E-state index contributed by atoms with van der Waals surface area (Å²) in [5.41, 5.74) is 2.32. The van der Waals surface area contributed by atoms with Gasteiger partial charge in [0.25, 0.3) is 0 Å². The molecular weight excluding hydrogens is 252 g/mol. The molecule has 1 aliphatic rings. The van der Waals surface area contributed by atoms with Gasteiger partial charge in [-0.2, -0.15) is 0 Å². The van der Waals surface area contributed by atoms with Crippen molar-refractivity contribution in [2.45, 2.75) is 58.5 Å². The Morgan fingerprint density at radius 2 is 2.20 bits per heavy atom. The number of anilines is 1. The van der Waals surface area contributed by atoms with E-state index in [9.17, 15) is 0 Å². The van der Waals surface area contributed by atoms with Crippen molar-refractivity contribution >= 4 is 5.82 Å². The number of unbranched alkanes of at least 4 members (excludes halogenated alkanes) is 2. The second kappa shape index (κ2) is 7.48. The number of ether oxygens (including phenoxy) is 1. The molecule has 4 nitrogen and oxygen atoms in total. The Morgan fingerprint density at radius 1 is 1.35 bits per heavy atom. The normalized spacial score (nSPS) is 14.0. The van der Waals surface area contributed by atoms with Crippen LogP contribution in [0.3, 0.4) is 0 Å². The molecule has 2 N–H and O–H groups in total. The second-order valence-corrected chi connectivity index (χ2v) is 5.67. The number of aryl methyl sites for hydroxylation is 1. The predicted octanol–water partition coefficient (Wildman–Crippen LogP) is 2.93. The van der Waals surface area contributed by atoms with Gasteiger partial charge in [-0.15, -0.1) is 0 Å². The highest BCUT2D eigenvalue weighted by atomic mass is 16.5. The molecule has 2 heterocycles. The maximum absolute atomic E-state index is 8.82. The lowest BCUT2D eigenvalue weighted by atomic mass is 10.0. The van der Waals surface area contributed by atoms with Crippen LogP contribution in [-0.2, 0) is 12.8 Å². The van der Waals surface area contributed by atoms with Gasteiger partial charge in [0.05, 0.1) is 6.10 Å². The van der Waals surface area contributed by atoms with Crippen LogP contribution in [0.4, 0.5) is 5.82 Å². The third kappa shape index (κ3) is 4.10. The summed E-state index contributed by atoms with van der Waals surface area (Å²) >= 11 is 0. The van der Waals surface area contributed by atoms with E-state index in [0.717, 1.165) is 62.3 Å². The van der Waals surface area contributed by atoms with Gasteiger partial charge in [-0.1, -0.05) is 6.42 Å². The van der Waals surface area contributed by atoms with Crippen molar-refractivity contribution in [1.29, 1.82) is 0 Å². The number of pyridine rings is 1. The monoisotopic (exact) mass is 278 g/mol. The SMILES string of the molecule is CC(C)Oc1cc(CCCCCO)nc2c1CCCN2. The molecule has 0 spiro atoms. The van der Waals surface area contributed by atoms with Gasteiger partial charge in [0.1, 0.15) is 11.6 Å². The average molecular weight is 278 g/mol. The molecule has 0 aromatic carbocycles. The average Bonchev–Trinajstić information content (AvgIpc) is 2.43. The van der Waals surface area contributed by atoms with Crippen molar-refractivity contribution in [3.8, 4) is 5.75 Å². The summed E-state index contributed by atoms with van der Waals surface area (Å²) in [6.45, 7) is 5.39. The minimum absolute atomic E-state index is 0.186. The minimum Gasteiger partial charge on any atom is -0.491 e. The molecular formula is C16H26N2O2. The Labute approximate surface area is 121 Å². The molecule has 0 aliphatic carbocycles. The molecule has 1 aromatic rings. The summed E-state index contributed by atoms with van der Waals surface area (Å²) in [6, 6.07) is 2.10. The summed E-state index contributed by atoms with van der Waals surface area (Å²) in [6.07, 6.45) is 6.30. The molecule has 0 saturated heterocycles. The summed E-state index contributed by atoms with van der Waals surface area (Å²) in [5.74, 6) is 2.00. The minimum atomic E-state index is 0.186.